The van der Waals surface area contributed by atoms with Gasteiger partial charge in [0, 0.05) is 0 Å². The van der Waals surface area contributed by atoms with Gasteiger partial charge in [0.2, 0.25) is 5.88 Å². The molecule has 2 saturated carbocycles. The Morgan fingerprint density at radius 2 is 2.07 bits per heavy atom. The molecule has 0 bridgehead atoms. The second-order valence-electron chi connectivity index (χ2n) is 9.64. The van der Waals surface area contributed by atoms with Crippen LogP contribution in [0.1, 0.15) is 56.4 Å². The first-order valence-electron chi connectivity index (χ1n) is 11.1. The standard InChI is InChI=1S/C22H33FN4O3/c1-13(2)9-17(19(24)28)25-20(29)16-7-8-18(21(26-16)30-10-14-3-4-14)27-11-22(23,12-27)15-5-6-15/h7-8,13-15,17,19,28H,3-6,9-12,24H2,1-2H3,(H,25,29)/t17-,19?/m0/s1. The fourth-order valence-corrected chi connectivity index (χ4v) is 4.04. The molecular weight excluding hydrogens is 387 g/mol. The quantitative estimate of drug-likeness (QED) is 0.502. The summed E-state index contributed by atoms with van der Waals surface area (Å²) < 4.78 is 20.8. The highest BCUT2D eigenvalue weighted by molar-refractivity contribution is 5.93. The van der Waals surface area contributed by atoms with Crippen molar-refractivity contribution >= 4 is 11.6 Å². The monoisotopic (exact) mass is 420 g/mol. The van der Waals surface area contributed by atoms with Gasteiger partial charge in [-0.15, -0.1) is 0 Å². The zero-order chi connectivity index (χ0) is 21.5. The molecule has 166 valence electrons. The molecule has 1 aromatic heterocycles. The minimum atomic E-state index is -1.15. The van der Waals surface area contributed by atoms with Gasteiger partial charge in [0.1, 0.15) is 23.3 Å². The zero-order valence-electron chi connectivity index (χ0n) is 17.8. The van der Waals surface area contributed by atoms with Crippen molar-refractivity contribution in [3.05, 3.63) is 17.8 Å². The van der Waals surface area contributed by atoms with Gasteiger partial charge in [0.05, 0.1) is 25.7 Å². The summed E-state index contributed by atoms with van der Waals surface area (Å²) in [6, 6.07) is 2.85. The molecule has 4 rings (SSSR count). The van der Waals surface area contributed by atoms with E-state index in [1.807, 2.05) is 18.7 Å². The third-order valence-corrected chi connectivity index (χ3v) is 6.24. The van der Waals surface area contributed by atoms with Gasteiger partial charge < -0.3 is 25.8 Å². The molecule has 1 aliphatic heterocycles. The van der Waals surface area contributed by atoms with E-state index in [4.69, 9.17) is 10.5 Å². The van der Waals surface area contributed by atoms with Crippen molar-refractivity contribution in [3.63, 3.8) is 0 Å². The van der Waals surface area contributed by atoms with Gasteiger partial charge in [0.15, 0.2) is 0 Å². The maximum Gasteiger partial charge on any atom is 0.270 e. The number of hydrogen-bond acceptors (Lipinski definition) is 6. The van der Waals surface area contributed by atoms with Crippen LogP contribution in [-0.4, -0.2) is 53.6 Å². The van der Waals surface area contributed by atoms with Crippen LogP contribution < -0.4 is 20.7 Å². The van der Waals surface area contributed by atoms with Gasteiger partial charge in [0.25, 0.3) is 5.91 Å². The lowest BCUT2D eigenvalue weighted by Gasteiger charge is -2.46. The molecule has 8 heteroatoms. The molecule has 2 atom stereocenters. The van der Waals surface area contributed by atoms with Gasteiger partial charge in [-0.25, -0.2) is 9.37 Å². The molecule has 0 aromatic carbocycles. The number of aliphatic hydroxyl groups excluding tert-OH is 1. The number of rotatable bonds is 10. The fourth-order valence-electron chi connectivity index (χ4n) is 4.04. The van der Waals surface area contributed by atoms with Gasteiger partial charge in [-0.1, -0.05) is 13.8 Å². The second kappa shape index (κ2) is 8.30. The lowest BCUT2D eigenvalue weighted by atomic mass is 9.90. The number of alkyl halides is 1. The summed E-state index contributed by atoms with van der Waals surface area (Å²) in [5, 5.41) is 12.6. The van der Waals surface area contributed by atoms with Crippen LogP contribution in [0.25, 0.3) is 0 Å². The molecule has 0 radical (unpaired) electrons. The summed E-state index contributed by atoms with van der Waals surface area (Å²) in [5.74, 6) is 0.946. The molecule has 30 heavy (non-hydrogen) atoms. The number of aliphatic hydroxyl groups is 1. The summed E-state index contributed by atoms with van der Waals surface area (Å²) in [7, 11) is 0. The van der Waals surface area contributed by atoms with E-state index < -0.39 is 23.8 Å². The number of carbonyl (C=O) groups is 1. The summed E-state index contributed by atoms with van der Waals surface area (Å²) in [6.07, 6.45) is 3.62. The molecule has 1 amide bonds. The normalized spacial score (nSPS) is 22.4. The number of carbonyl (C=O) groups excluding carboxylic acids is 1. The number of hydrogen-bond donors (Lipinski definition) is 3. The number of anilines is 1. The molecular formula is C22H33FN4O3. The van der Waals surface area contributed by atoms with Crippen LogP contribution in [0.5, 0.6) is 5.88 Å². The highest BCUT2D eigenvalue weighted by Crippen LogP contribution is 2.49. The number of halogens is 1. The Hall–Kier alpha value is -1.93. The van der Waals surface area contributed by atoms with Crippen molar-refractivity contribution in [1.82, 2.24) is 10.3 Å². The van der Waals surface area contributed by atoms with Crippen LogP contribution in [0.3, 0.4) is 0 Å². The minimum Gasteiger partial charge on any atom is -0.476 e. The summed E-state index contributed by atoms with van der Waals surface area (Å²) in [4.78, 5) is 19.1. The molecule has 3 aliphatic rings. The van der Waals surface area contributed by atoms with Gasteiger partial charge >= 0.3 is 0 Å². The van der Waals surface area contributed by atoms with E-state index in [1.165, 1.54) is 0 Å². The van der Waals surface area contributed by atoms with Crippen molar-refractivity contribution in [1.29, 1.82) is 0 Å². The SMILES string of the molecule is CC(C)C[C@H](NC(=O)c1ccc(N2CC(F)(C3CC3)C2)c(OCC2CC2)n1)C(N)O. The summed E-state index contributed by atoms with van der Waals surface area (Å²) in [5.41, 5.74) is 5.46. The number of nitrogens with two attached hydrogens (primary N) is 1. The topological polar surface area (TPSA) is 101 Å². The van der Waals surface area contributed by atoms with Crippen molar-refractivity contribution in [2.24, 2.45) is 23.5 Å². The predicted octanol–water partition coefficient (Wildman–Crippen LogP) is 2.23. The van der Waals surface area contributed by atoms with Gasteiger partial charge in [-0.2, -0.15) is 0 Å². The first-order chi connectivity index (χ1) is 14.2. The molecule has 4 N–H and O–H groups in total. The molecule has 1 saturated heterocycles. The lowest BCUT2D eigenvalue weighted by molar-refractivity contribution is 0.0809. The van der Waals surface area contributed by atoms with E-state index in [9.17, 15) is 14.3 Å². The van der Waals surface area contributed by atoms with E-state index in [2.05, 4.69) is 10.3 Å². The van der Waals surface area contributed by atoms with Crippen molar-refractivity contribution in [2.45, 2.75) is 63.9 Å². The summed E-state index contributed by atoms with van der Waals surface area (Å²) >= 11 is 0. The number of pyridine rings is 1. The third kappa shape index (κ3) is 4.86. The smallest absolute Gasteiger partial charge is 0.270 e. The minimum absolute atomic E-state index is 0.183. The van der Waals surface area contributed by atoms with Gasteiger partial charge in [-0.05, 0) is 62.0 Å². The Morgan fingerprint density at radius 3 is 2.63 bits per heavy atom. The number of nitrogens with one attached hydrogen (secondary N) is 1. The van der Waals surface area contributed by atoms with E-state index in [0.717, 1.165) is 31.4 Å². The highest BCUT2D eigenvalue weighted by atomic mass is 19.1. The molecule has 3 fully saturated rings. The number of amides is 1. The van der Waals surface area contributed by atoms with E-state index >= 15 is 0 Å². The first kappa shape index (κ1) is 21.3. The maximum atomic E-state index is 14.8. The van der Waals surface area contributed by atoms with Crippen LogP contribution in [0.4, 0.5) is 10.1 Å². The first-order valence-corrected chi connectivity index (χ1v) is 11.1. The highest BCUT2D eigenvalue weighted by Gasteiger charge is 2.54. The van der Waals surface area contributed by atoms with Crippen LogP contribution in [0.2, 0.25) is 0 Å². The van der Waals surface area contributed by atoms with E-state index in [1.54, 1.807) is 12.1 Å². The Kier molecular flexibility index (Phi) is 5.90. The molecule has 1 unspecified atom stereocenters. The zero-order valence-corrected chi connectivity index (χ0v) is 17.8. The average molecular weight is 421 g/mol. The fraction of sp³-hybridized carbons (Fsp3) is 0.727. The number of ether oxygens (including phenoxy) is 1. The second-order valence-corrected chi connectivity index (χ2v) is 9.64. The van der Waals surface area contributed by atoms with Crippen molar-refractivity contribution in [2.75, 3.05) is 24.6 Å². The van der Waals surface area contributed by atoms with Crippen LogP contribution >= 0.6 is 0 Å². The number of aromatic nitrogens is 1. The molecule has 2 heterocycles. The average Bonchev–Trinajstić information content (AvgIpc) is 3.55. The van der Waals surface area contributed by atoms with Crippen LogP contribution in [-0.2, 0) is 0 Å². The number of nitrogens with zero attached hydrogens (tertiary/aromatic N) is 2. The van der Waals surface area contributed by atoms with Crippen LogP contribution in [0, 0.1) is 17.8 Å². The lowest BCUT2D eigenvalue weighted by Crippen LogP contribution is -2.60. The third-order valence-electron chi connectivity index (χ3n) is 6.24. The Bertz CT molecular complexity index is 774. The maximum absolute atomic E-state index is 14.8. The molecule has 7 nitrogen and oxygen atoms in total. The molecule has 1 aromatic rings. The molecule has 2 aliphatic carbocycles. The van der Waals surface area contributed by atoms with E-state index in [0.29, 0.717) is 37.9 Å². The van der Waals surface area contributed by atoms with Crippen molar-refractivity contribution in [3.8, 4) is 5.88 Å². The summed E-state index contributed by atoms with van der Waals surface area (Å²) in [6.45, 7) is 5.25. The molecule has 0 spiro atoms. The Morgan fingerprint density at radius 1 is 1.37 bits per heavy atom. The van der Waals surface area contributed by atoms with E-state index in [-0.39, 0.29) is 17.5 Å². The Balaban J connectivity index is 1.48. The Labute approximate surface area is 177 Å². The predicted molar refractivity (Wildman–Crippen MR) is 112 cm³/mol. The van der Waals surface area contributed by atoms with Crippen LogP contribution in [0.15, 0.2) is 12.1 Å². The largest absolute Gasteiger partial charge is 0.476 e. The van der Waals surface area contributed by atoms with Gasteiger partial charge in [-0.3, -0.25) is 4.79 Å². The van der Waals surface area contributed by atoms with Crippen molar-refractivity contribution < 1.29 is 19.0 Å².